The molecule has 1 amide bonds. The van der Waals surface area contributed by atoms with E-state index in [9.17, 15) is 9.18 Å². The van der Waals surface area contributed by atoms with Crippen LogP contribution in [-0.4, -0.2) is 24.0 Å². The van der Waals surface area contributed by atoms with E-state index in [1.165, 1.54) is 18.3 Å². The van der Waals surface area contributed by atoms with Gasteiger partial charge < -0.3 is 15.0 Å². The summed E-state index contributed by atoms with van der Waals surface area (Å²) in [4.78, 5) is 18.5. The van der Waals surface area contributed by atoms with Crippen LogP contribution < -0.4 is 10.2 Å². The Labute approximate surface area is 180 Å². The molecule has 1 aromatic heterocycles. The van der Waals surface area contributed by atoms with Gasteiger partial charge in [0.05, 0.1) is 22.8 Å². The third-order valence-electron chi connectivity index (χ3n) is 5.07. The lowest BCUT2D eigenvalue weighted by Gasteiger charge is -2.22. The van der Waals surface area contributed by atoms with Gasteiger partial charge in [0.25, 0.3) is 0 Å². The van der Waals surface area contributed by atoms with Crippen molar-refractivity contribution < 1.29 is 13.9 Å². The second kappa shape index (κ2) is 9.38. The molecule has 0 spiro atoms. The van der Waals surface area contributed by atoms with Crippen LogP contribution in [0.15, 0.2) is 48.4 Å². The van der Waals surface area contributed by atoms with Crippen LogP contribution in [0.4, 0.5) is 10.2 Å². The number of nitrogens with zero attached hydrogens (tertiary/aromatic N) is 4. The van der Waals surface area contributed by atoms with Gasteiger partial charge in [-0.15, -0.1) is 0 Å². The average Bonchev–Trinajstić information content (AvgIpc) is 3.58. The second-order valence-electron chi connectivity index (χ2n) is 7.24. The first kappa shape index (κ1) is 21.9. The second-order valence-corrected chi connectivity index (χ2v) is 7.24. The summed E-state index contributed by atoms with van der Waals surface area (Å²) in [6.07, 6.45) is 4.40. The lowest BCUT2D eigenvalue weighted by atomic mass is 10.0. The van der Waals surface area contributed by atoms with Crippen LogP contribution in [0.2, 0.25) is 0 Å². The van der Waals surface area contributed by atoms with Crippen molar-refractivity contribution >= 4 is 11.7 Å². The molecule has 31 heavy (non-hydrogen) atoms. The summed E-state index contributed by atoms with van der Waals surface area (Å²) in [5, 5.41) is 20.6. The zero-order valence-electron chi connectivity index (χ0n) is 17.4. The molecule has 0 saturated heterocycles. The Hall–Kier alpha value is -3.75. The Kier molecular flexibility index (Phi) is 6.64. The molecular formula is C23H22FN5O2. The Morgan fingerprint density at radius 3 is 2.61 bits per heavy atom. The predicted molar refractivity (Wildman–Crippen MR) is 112 cm³/mol. The highest BCUT2D eigenvalue weighted by Gasteiger charge is 2.46. The number of aromatic nitrogens is 1. The molecule has 0 atom stereocenters. The number of benzene rings is 1. The fraction of sp³-hybridized carbons (Fsp3) is 0.304. The third kappa shape index (κ3) is 5.25. The molecular weight excluding hydrogens is 397 g/mol. The minimum Gasteiger partial charge on any atom is -0.360 e. The quantitative estimate of drug-likeness (QED) is 0.703. The van der Waals surface area contributed by atoms with E-state index in [1.807, 2.05) is 30.9 Å². The summed E-state index contributed by atoms with van der Waals surface area (Å²) in [5.74, 6) is -0.175. The largest absolute Gasteiger partial charge is 0.360 e. The molecule has 0 radical (unpaired) electrons. The standard InChI is InChI=1S/C23H22FN5O2/c1-3-29(21-5-4-17(11-25)14-27-21)16(2)13-28-22(30)15-31-23(6-7-23)19-8-18(12-26)9-20(24)10-19/h4-5,8-10,13-14H,3,6-7,15H2,1-2H3,(H,28,30)/b16-13+. The van der Waals surface area contributed by atoms with Crippen molar-refractivity contribution in [1.82, 2.24) is 10.3 Å². The van der Waals surface area contributed by atoms with Gasteiger partial charge in [0.15, 0.2) is 0 Å². The van der Waals surface area contributed by atoms with Crippen molar-refractivity contribution in [3.8, 4) is 12.1 Å². The van der Waals surface area contributed by atoms with E-state index < -0.39 is 11.4 Å². The number of halogens is 1. The van der Waals surface area contributed by atoms with E-state index >= 15 is 0 Å². The summed E-state index contributed by atoms with van der Waals surface area (Å²) >= 11 is 0. The number of rotatable bonds is 8. The SMILES string of the molecule is CCN(/C(C)=C/NC(=O)COC1(c2cc(F)cc(C#N)c2)CC1)c1ccc(C#N)cn1. The first-order chi connectivity index (χ1) is 14.9. The maximum absolute atomic E-state index is 13.8. The van der Waals surface area contributed by atoms with E-state index in [-0.39, 0.29) is 18.1 Å². The molecule has 158 valence electrons. The molecule has 1 aromatic carbocycles. The Morgan fingerprint density at radius 1 is 1.29 bits per heavy atom. The molecule has 2 aromatic rings. The van der Waals surface area contributed by atoms with Crippen LogP contribution >= 0.6 is 0 Å². The molecule has 1 aliphatic carbocycles. The molecule has 1 N–H and O–H groups in total. The number of allylic oxidation sites excluding steroid dienone is 1. The summed E-state index contributed by atoms with van der Waals surface area (Å²) in [6.45, 7) is 4.22. The number of anilines is 1. The number of hydrogen-bond donors (Lipinski definition) is 1. The normalized spacial score (nSPS) is 14.3. The van der Waals surface area contributed by atoms with Crippen molar-refractivity contribution in [3.63, 3.8) is 0 Å². The zero-order valence-corrected chi connectivity index (χ0v) is 17.4. The molecule has 7 nitrogen and oxygen atoms in total. The number of amides is 1. The summed E-state index contributed by atoms with van der Waals surface area (Å²) in [6, 6.07) is 11.5. The first-order valence-electron chi connectivity index (χ1n) is 9.85. The fourth-order valence-corrected chi connectivity index (χ4v) is 3.26. The number of carbonyl (C=O) groups excluding carboxylic acids is 1. The highest BCUT2D eigenvalue weighted by molar-refractivity contribution is 5.78. The highest BCUT2D eigenvalue weighted by atomic mass is 19.1. The minimum atomic E-state index is -0.717. The van der Waals surface area contributed by atoms with E-state index in [4.69, 9.17) is 15.3 Å². The van der Waals surface area contributed by atoms with Crippen LogP contribution in [0, 0.1) is 28.5 Å². The van der Waals surface area contributed by atoms with Gasteiger partial charge in [0.2, 0.25) is 5.91 Å². The number of nitriles is 2. The monoisotopic (exact) mass is 419 g/mol. The molecule has 0 bridgehead atoms. The molecule has 8 heteroatoms. The zero-order chi connectivity index (χ0) is 22.4. The van der Waals surface area contributed by atoms with E-state index in [0.717, 1.165) is 5.70 Å². The Balaban J connectivity index is 1.60. The van der Waals surface area contributed by atoms with Gasteiger partial charge in [-0.05, 0) is 62.6 Å². The summed E-state index contributed by atoms with van der Waals surface area (Å²) < 4.78 is 19.6. The van der Waals surface area contributed by atoms with E-state index in [2.05, 4.69) is 10.3 Å². The van der Waals surface area contributed by atoms with Crippen LogP contribution in [0.25, 0.3) is 0 Å². The van der Waals surface area contributed by atoms with Crippen molar-refractivity contribution in [3.05, 3.63) is 70.9 Å². The van der Waals surface area contributed by atoms with Gasteiger partial charge in [0.1, 0.15) is 24.3 Å². The average molecular weight is 419 g/mol. The van der Waals surface area contributed by atoms with Gasteiger partial charge in [0, 0.05) is 24.6 Å². The smallest absolute Gasteiger partial charge is 0.250 e. The Morgan fingerprint density at radius 2 is 2.03 bits per heavy atom. The number of hydrogen-bond acceptors (Lipinski definition) is 6. The van der Waals surface area contributed by atoms with E-state index in [0.29, 0.717) is 36.3 Å². The predicted octanol–water partition coefficient (Wildman–Crippen LogP) is 3.47. The molecule has 0 unspecified atom stereocenters. The Bertz CT molecular complexity index is 1080. The van der Waals surface area contributed by atoms with Crippen LogP contribution in [0.1, 0.15) is 43.4 Å². The van der Waals surface area contributed by atoms with Gasteiger partial charge >= 0.3 is 0 Å². The number of nitrogens with one attached hydrogen (secondary N) is 1. The van der Waals surface area contributed by atoms with Crippen LogP contribution in [0.3, 0.4) is 0 Å². The maximum atomic E-state index is 13.8. The highest BCUT2D eigenvalue weighted by Crippen LogP contribution is 2.49. The number of ether oxygens (including phenoxy) is 1. The van der Waals surface area contributed by atoms with Crippen LogP contribution in [-0.2, 0) is 15.1 Å². The first-order valence-corrected chi connectivity index (χ1v) is 9.85. The fourth-order valence-electron chi connectivity index (χ4n) is 3.26. The van der Waals surface area contributed by atoms with Crippen LogP contribution in [0.5, 0.6) is 0 Å². The van der Waals surface area contributed by atoms with Crippen molar-refractivity contribution in [2.45, 2.75) is 32.3 Å². The van der Waals surface area contributed by atoms with Crippen molar-refractivity contribution in [2.24, 2.45) is 0 Å². The maximum Gasteiger partial charge on any atom is 0.250 e. The lowest BCUT2D eigenvalue weighted by Crippen LogP contribution is -2.29. The van der Waals surface area contributed by atoms with Gasteiger partial charge in [-0.1, -0.05) is 0 Å². The summed E-state index contributed by atoms with van der Waals surface area (Å²) in [5.41, 5.74) is 1.32. The molecule has 3 rings (SSSR count). The molecule has 1 saturated carbocycles. The number of carbonyl (C=O) groups is 1. The number of pyridine rings is 1. The molecule has 0 aliphatic heterocycles. The van der Waals surface area contributed by atoms with Gasteiger partial charge in [-0.2, -0.15) is 10.5 Å². The van der Waals surface area contributed by atoms with Crippen molar-refractivity contribution in [2.75, 3.05) is 18.1 Å². The van der Waals surface area contributed by atoms with Gasteiger partial charge in [-0.25, -0.2) is 9.37 Å². The third-order valence-corrected chi connectivity index (χ3v) is 5.07. The lowest BCUT2D eigenvalue weighted by molar-refractivity contribution is -0.127. The van der Waals surface area contributed by atoms with Gasteiger partial charge in [-0.3, -0.25) is 4.79 Å². The molecule has 1 heterocycles. The molecule has 1 fully saturated rings. The topological polar surface area (TPSA) is 102 Å². The molecule has 1 aliphatic rings. The van der Waals surface area contributed by atoms with E-state index in [1.54, 1.807) is 24.4 Å². The van der Waals surface area contributed by atoms with Crippen molar-refractivity contribution in [1.29, 1.82) is 10.5 Å². The minimum absolute atomic E-state index is 0.191. The summed E-state index contributed by atoms with van der Waals surface area (Å²) in [7, 11) is 0.